The van der Waals surface area contributed by atoms with Crippen LogP contribution in [0.5, 0.6) is 0 Å². The molecule has 0 bridgehead atoms. The standard InChI is InChI=1S/C19H21N3O5/c1-13(2)27-18(23)12-16(15-10-6-7-11-17(15)22(25)26)21-19(24)20-14-8-4-3-5-9-14/h3-11,13,16H,12H2,1-2H3,(H2,20,21,24). The number of ether oxygens (including phenoxy) is 1. The summed E-state index contributed by atoms with van der Waals surface area (Å²) in [7, 11) is 0. The first-order valence-electron chi connectivity index (χ1n) is 8.42. The maximum absolute atomic E-state index is 12.3. The number of anilines is 1. The van der Waals surface area contributed by atoms with Crippen LogP contribution in [0.25, 0.3) is 0 Å². The molecule has 8 nitrogen and oxygen atoms in total. The number of esters is 1. The van der Waals surface area contributed by atoms with Gasteiger partial charge in [0.25, 0.3) is 5.69 Å². The Morgan fingerprint density at radius 1 is 1.07 bits per heavy atom. The van der Waals surface area contributed by atoms with Gasteiger partial charge in [-0.25, -0.2) is 4.79 Å². The first kappa shape index (κ1) is 19.9. The van der Waals surface area contributed by atoms with Crippen LogP contribution in [0, 0.1) is 10.1 Å². The third-order valence-corrected chi connectivity index (χ3v) is 3.58. The van der Waals surface area contributed by atoms with E-state index in [1.807, 2.05) is 0 Å². The molecule has 0 aliphatic rings. The Kier molecular flexibility index (Phi) is 6.87. The molecule has 2 N–H and O–H groups in total. The van der Waals surface area contributed by atoms with E-state index in [-0.39, 0.29) is 23.8 Å². The molecule has 0 aliphatic carbocycles. The van der Waals surface area contributed by atoms with E-state index in [2.05, 4.69) is 10.6 Å². The molecule has 27 heavy (non-hydrogen) atoms. The highest BCUT2D eigenvalue weighted by atomic mass is 16.6. The van der Waals surface area contributed by atoms with Crippen molar-refractivity contribution in [3.63, 3.8) is 0 Å². The summed E-state index contributed by atoms with van der Waals surface area (Å²) in [6.45, 7) is 3.40. The minimum atomic E-state index is -0.915. The zero-order chi connectivity index (χ0) is 19.8. The average Bonchev–Trinajstić information content (AvgIpc) is 2.61. The average molecular weight is 371 g/mol. The number of urea groups is 1. The third kappa shape index (κ3) is 6.10. The Balaban J connectivity index is 2.23. The molecule has 0 heterocycles. The summed E-state index contributed by atoms with van der Waals surface area (Å²) in [6.07, 6.45) is -0.562. The van der Waals surface area contributed by atoms with Gasteiger partial charge < -0.3 is 15.4 Å². The van der Waals surface area contributed by atoms with Crippen LogP contribution in [-0.4, -0.2) is 23.0 Å². The number of amides is 2. The van der Waals surface area contributed by atoms with Gasteiger partial charge in [0.15, 0.2) is 0 Å². The number of hydrogen-bond acceptors (Lipinski definition) is 5. The van der Waals surface area contributed by atoms with Crippen LogP contribution in [0.15, 0.2) is 54.6 Å². The number of nitro benzene ring substituents is 1. The van der Waals surface area contributed by atoms with E-state index in [0.29, 0.717) is 5.69 Å². The number of carbonyl (C=O) groups excluding carboxylic acids is 2. The van der Waals surface area contributed by atoms with Gasteiger partial charge in [0.1, 0.15) is 0 Å². The van der Waals surface area contributed by atoms with Crippen molar-refractivity contribution in [3.8, 4) is 0 Å². The zero-order valence-electron chi connectivity index (χ0n) is 15.0. The fourth-order valence-electron chi connectivity index (χ4n) is 2.51. The molecule has 1 atom stereocenters. The first-order chi connectivity index (χ1) is 12.9. The topological polar surface area (TPSA) is 111 Å². The van der Waals surface area contributed by atoms with Gasteiger partial charge in [-0.3, -0.25) is 14.9 Å². The molecule has 0 aliphatic heterocycles. The summed E-state index contributed by atoms with van der Waals surface area (Å²) in [6, 6.07) is 13.2. The molecule has 0 spiro atoms. The van der Waals surface area contributed by atoms with Crippen LogP contribution in [-0.2, 0) is 9.53 Å². The molecule has 0 saturated carbocycles. The van der Waals surface area contributed by atoms with Gasteiger partial charge in [-0.05, 0) is 26.0 Å². The summed E-state index contributed by atoms with van der Waals surface area (Å²) in [5.41, 5.74) is 0.604. The van der Waals surface area contributed by atoms with Gasteiger partial charge in [-0.2, -0.15) is 0 Å². The maximum atomic E-state index is 12.3. The van der Waals surface area contributed by atoms with Crippen molar-refractivity contribution in [2.75, 3.05) is 5.32 Å². The smallest absolute Gasteiger partial charge is 0.319 e. The van der Waals surface area contributed by atoms with Crippen molar-refractivity contribution in [1.29, 1.82) is 0 Å². The molecular formula is C19H21N3O5. The second kappa shape index (κ2) is 9.33. The normalized spacial score (nSPS) is 11.5. The van der Waals surface area contributed by atoms with Gasteiger partial charge in [0.05, 0.1) is 29.1 Å². The highest BCUT2D eigenvalue weighted by molar-refractivity contribution is 5.90. The molecule has 142 valence electrons. The Labute approximate surface area is 156 Å². The molecule has 0 radical (unpaired) electrons. The SMILES string of the molecule is CC(C)OC(=O)CC(NC(=O)Nc1ccccc1)c1ccccc1[N+](=O)[O-]. The van der Waals surface area contributed by atoms with E-state index >= 15 is 0 Å². The zero-order valence-corrected chi connectivity index (χ0v) is 15.0. The second-order valence-electron chi connectivity index (χ2n) is 6.08. The van der Waals surface area contributed by atoms with Crippen molar-refractivity contribution >= 4 is 23.4 Å². The van der Waals surface area contributed by atoms with E-state index in [1.165, 1.54) is 18.2 Å². The van der Waals surface area contributed by atoms with Crippen molar-refractivity contribution in [3.05, 3.63) is 70.3 Å². The number of nitrogens with one attached hydrogen (secondary N) is 2. The molecule has 0 aromatic heterocycles. The quantitative estimate of drug-likeness (QED) is 0.437. The monoisotopic (exact) mass is 371 g/mol. The number of benzene rings is 2. The van der Waals surface area contributed by atoms with E-state index < -0.39 is 23.0 Å². The second-order valence-corrected chi connectivity index (χ2v) is 6.08. The summed E-state index contributed by atoms with van der Waals surface area (Å²) in [5.74, 6) is -0.562. The van der Waals surface area contributed by atoms with Crippen LogP contribution < -0.4 is 10.6 Å². The fourth-order valence-corrected chi connectivity index (χ4v) is 2.51. The lowest BCUT2D eigenvalue weighted by molar-refractivity contribution is -0.385. The molecule has 1 unspecified atom stereocenters. The van der Waals surface area contributed by atoms with Gasteiger partial charge in [0, 0.05) is 11.8 Å². The minimum absolute atomic E-state index is 0.181. The lowest BCUT2D eigenvalue weighted by atomic mass is 10.0. The van der Waals surface area contributed by atoms with E-state index in [9.17, 15) is 19.7 Å². The number of nitrogens with zero attached hydrogens (tertiary/aromatic N) is 1. The van der Waals surface area contributed by atoms with Crippen LogP contribution in [0.1, 0.15) is 31.9 Å². The Hall–Kier alpha value is -3.42. The molecular weight excluding hydrogens is 350 g/mol. The number of para-hydroxylation sites is 2. The largest absolute Gasteiger partial charge is 0.463 e. The van der Waals surface area contributed by atoms with Gasteiger partial charge in [0.2, 0.25) is 0 Å². The van der Waals surface area contributed by atoms with Crippen LogP contribution in [0.4, 0.5) is 16.2 Å². The summed E-state index contributed by atoms with van der Waals surface area (Å²) in [5, 5.41) is 16.6. The molecule has 2 rings (SSSR count). The third-order valence-electron chi connectivity index (χ3n) is 3.58. The van der Waals surface area contributed by atoms with Crippen molar-refractivity contribution < 1.29 is 19.2 Å². The lowest BCUT2D eigenvalue weighted by Crippen LogP contribution is -2.34. The number of rotatable bonds is 7. The highest BCUT2D eigenvalue weighted by Gasteiger charge is 2.26. The first-order valence-corrected chi connectivity index (χ1v) is 8.42. The predicted molar refractivity (Wildman–Crippen MR) is 100 cm³/mol. The Morgan fingerprint density at radius 2 is 1.70 bits per heavy atom. The fraction of sp³-hybridized carbons (Fsp3) is 0.263. The van der Waals surface area contributed by atoms with Crippen molar-refractivity contribution in [2.24, 2.45) is 0 Å². The molecule has 0 fully saturated rings. The van der Waals surface area contributed by atoms with Crippen LogP contribution in [0.2, 0.25) is 0 Å². The number of carbonyl (C=O) groups is 2. The highest BCUT2D eigenvalue weighted by Crippen LogP contribution is 2.27. The minimum Gasteiger partial charge on any atom is -0.463 e. The lowest BCUT2D eigenvalue weighted by Gasteiger charge is -2.19. The van der Waals surface area contributed by atoms with Gasteiger partial charge in [-0.1, -0.05) is 36.4 Å². The van der Waals surface area contributed by atoms with E-state index in [4.69, 9.17) is 4.74 Å². The van der Waals surface area contributed by atoms with Crippen molar-refractivity contribution in [2.45, 2.75) is 32.4 Å². The van der Waals surface area contributed by atoms with Gasteiger partial charge in [-0.15, -0.1) is 0 Å². The number of hydrogen-bond donors (Lipinski definition) is 2. The molecule has 0 saturated heterocycles. The summed E-state index contributed by atoms with van der Waals surface area (Å²) >= 11 is 0. The Bertz CT molecular complexity index is 808. The molecule has 2 amide bonds. The molecule has 2 aromatic rings. The van der Waals surface area contributed by atoms with Crippen LogP contribution in [0.3, 0.4) is 0 Å². The number of nitro groups is 1. The van der Waals surface area contributed by atoms with Crippen molar-refractivity contribution in [1.82, 2.24) is 5.32 Å². The Morgan fingerprint density at radius 3 is 2.33 bits per heavy atom. The summed E-state index contributed by atoms with van der Waals surface area (Å²) < 4.78 is 5.12. The molecule has 8 heteroatoms. The molecule has 2 aromatic carbocycles. The van der Waals surface area contributed by atoms with Crippen LogP contribution >= 0.6 is 0 Å². The van der Waals surface area contributed by atoms with E-state index in [1.54, 1.807) is 50.2 Å². The van der Waals surface area contributed by atoms with E-state index in [0.717, 1.165) is 0 Å². The predicted octanol–water partition coefficient (Wildman–Crippen LogP) is 3.80. The summed E-state index contributed by atoms with van der Waals surface area (Å²) in [4.78, 5) is 35.2. The van der Waals surface area contributed by atoms with Gasteiger partial charge >= 0.3 is 12.0 Å². The maximum Gasteiger partial charge on any atom is 0.319 e.